The van der Waals surface area contributed by atoms with Crippen molar-refractivity contribution in [1.29, 1.82) is 0 Å². The van der Waals surface area contributed by atoms with E-state index < -0.39 is 12.1 Å². The van der Waals surface area contributed by atoms with E-state index >= 15 is 0 Å². The molecule has 1 saturated heterocycles. The Hall–Kier alpha value is -1.75. The van der Waals surface area contributed by atoms with Gasteiger partial charge in [0.05, 0.1) is 11.6 Å². The molecule has 1 fully saturated rings. The van der Waals surface area contributed by atoms with Gasteiger partial charge in [-0.25, -0.2) is 9.59 Å². The number of carboxylic acid groups (broad SMARTS) is 1. The molecule has 19 heavy (non-hydrogen) atoms. The summed E-state index contributed by atoms with van der Waals surface area (Å²) in [4.78, 5) is 22.1. The zero-order valence-electron chi connectivity index (χ0n) is 10.7. The van der Waals surface area contributed by atoms with Crippen LogP contribution in [0.4, 0.5) is 4.79 Å². The average molecular weight is 286 g/mol. The largest absolute Gasteiger partial charge is 0.478 e. The molecule has 6 heteroatoms. The first-order chi connectivity index (χ1) is 8.40. The van der Waals surface area contributed by atoms with Gasteiger partial charge in [0, 0.05) is 5.41 Å². The Kier molecular flexibility index (Phi) is 4.42. The Bertz CT molecular complexity index is 484. The van der Waals surface area contributed by atoms with Gasteiger partial charge in [-0.2, -0.15) is 0 Å². The lowest BCUT2D eigenvalue weighted by atomic mass is 9.80. The van der Waals surface area contributed by atoms with Gasteiger partial charge in [-0.3, -0.25) is 0 Å². The molecule has 0 spiro atoms. The molecular formula is C13H16ClNO4. The number of aromatic carboxylic acids is 1. The minimum Gasteiger partial charge on any atom is -0.478 e. The first-order valence-electron chi connectivity index (χ1n) is 5.67. The number of carboxylic acids is 1. The second-order valence-electron chi connectivity index (χ2n) is 5.07. The monoisotopic (exact) mass is 285 g/mol. The van der Waals surface area contributed by atoms with Gasteiger partial charge >= 0.3 is 12.1 Å². The van der Waals surface area contributed by atoms with E-state index in [9.17, 15) is 9.59 Å². The van der Waals surface area contributed by atoms with Gasteiger partial charge in [0.2, 0.25) is 0 Å². The molecule has 1 aliphatic heterocycles. The number of nitrogens with one attached hydrogen (secondary N) is 1. The number of benzene rings is 1. The van der Waals surface area contributed by atoms with Crippen LogP contribution in [0.3, 0.4) is 0 Å². The number of ether oxygens (including phenoxy) is 1. The molecule has 104 valence electrons. The van der Waals surface area contributed by atoms with E-state index in [2.05, 4.69) is 5.32 Å². The number of hydrogen-bond donors (Lipinski definition) is 2. The van der Waals surface area contributed by atoms with Crippen LogP contribution in [0.1, 0.15) is 35.8 Å². The van der Waals surface area contributed by atoms with Crippen LogP contribution >= 0.6 is 12.4 Å². The second kappa shape index (κ2) is 5.48. The number of hydrogen-bond acceptors (Lipinski definition) is 3. The lowest BCUT2D eigenvalue weighted by Gasteiger charge is -2.38. The van der Waals surface area contributed by atoms with Crippen molar-refractivity contribution in [3.63, 3.8) is 0 Å². The van der Waals surface area contributed by atoms with Gasteiger partial charge in [-0.15, -0.1) is 12.4 Å². The zero-order valence-corrected chi connectivity index (χ0v) is 11.5. The molecule has 0 unspecified atom stereocenters. The highest BCUT2D eigenvalue weighted by molar-refractivity contribution is 5.87. The van der Waals surface area contributed by atoms with Crippen molar-refractivity contribution in [3.05, 3.63) is 35.4 Å². The highest BCUT2D eigenvalue weighted by Crippen LogP contribution is 2.36. The molecule has 1 heterocycles. The fourth-order valence-corrected chi connectivity index (χ4v) is 2.04. The van der Waals surface area contributed by atoms with Crippen LogP contribution in [0.2, 0.25) is 0 Å². The molecule has 1 aromatic rings. The third-order valence-electron chi connectivity index (χ3n) is 3.11. The van der Waals surface area contributed by atoms with Gasteiger partial charge < -0.3 is 15.2 Å². The van der Waals surface area contributed by atoms with Crippen molar-refractivity contribution in [2.45, 2.75) is 19.9 Å². The highest BCUT2D eigenvalue weighted by atomic mass is 35.5. The average Bonchev–Trinajstić information content (AvgIpc) is 2.32. The molecule has 2 rings (SSSR count). The molecule has 0 aromatic heterocycles. The van der Waals surface area contributed by atoms with Crippen LogP contribution in [0.25, 0.3) is 0 Å². The Morgan fingerprint density at radius 1 is 1.37 bits per heavy atom. The first kappa shape index (κ1) is 15.3. The van der Waals surface area contributed by atoms with Gasteiger partial charge in [-0.05, 0) is 17.7 Å². The van der Waals surface area contributed by atoms with Crippen molar-refractivity contribution in [1.82, 2.24) is 5.32 Å². The van der Waals surface area contributed by atoms with E-state index in [1.165, 1.54) is 12.1 Å². The fourth-order valence-electron chi connectivity index (χ4n) is 2.04. The molecule has 0 radical (unpaired) electrons. The second-order valence-corrected chi connectivity index (χ2v) is 5.07. The van der Waals surface area contributed by atoms with E-state index in [-0.39, 0.29) is 29.4 Å². The summed E-state index contributed by atoms with van der Waals surface area (Å²) in [7, 11) is 0. The maximum atomic E-state index is 11.3. The van der Waals surface area contributed by atoms with E-state index in [0.717, 1.165) is 5.56 Å². The van der Waals surface area contributed by atoms with Crippen LogP contribution in [-0.2, 0) is 4.74 Å². The predicted molar refractivity (Wildman–Crippen MR) is 71.7 cm³/mol. The molecule has 5 nitrogen and oxygen atoms in total. The van der Waals surface area contributed by atoms with Crippen molar-refractivity contribution < 1.29 is 19.4 Å². The molecule has 1 atom stereocenters. The minimum absolute atomic E-state index is 0. The van der Waals surface area contributed by atoms with Crippen molar-refractivity contribution in [3.8, 4) is 0 Å². The minimum atomic E-state index is -0.961. The predicted octanol–water partition coefficient (Wildman–Crippen LogP) is 2.61. The molecule has 1 aliphatic rings. The maximum Gasteiger partial charge on any atom is 0.407 e. The number of amides is 1. The molecule has 2 N–H and O–H groups in total. The van der Waals surface area contributed by atoms with Crippen LogP contribution in [0.5, 0.6) is 0 Å². The van der Waals surface area contributed by atoms with Gasteiger partial charge in [0.1, 0.15) is 6.61 Å². The van der Waals surface area contributed by atoms with Crippen molar-refractivity contribution in [2.24, 2.45) is 5.41 Å². The standard InChI is InChI=1S/C13H15NO4.ClH/c1-13(2)7-18-12(17)14-10(13)8-3-5-9(6-4-8)11(15)16;/h3-6,10H,7H2,1-2H3,(H,14,17)(H,15,16);1H/t10-;/m0./s1. The highest BCUT2D eigenvalue weighted by Gasteiger charge is 2.37. The summed E-state index contributed by atoms with van der Waals surface area (Å²) in [6, 6.07) is 6.34. The Labute approximate surface area is 117 Å². The van der Waals surface area contributed by atoms with Crippen LogP contribution < -0.4 is 5.32 Å². The Morgan fingerprint density at radius 2 is 1.95 bits per heavy atom. The van der Waals surface area contributed by atoms with Crippen molar-refractivity contribution >= 4 is 24.5 Å². The summed E-state index contributed by atoms with van der Waals surface area (Å²) in [5, 5.41) is 11.6. The van der Waals surface area contributed by atoms with E-state index in [1.807, 2.05) is 13.8 Å². The zero-order chi connectivity index (χ0) is 13.3. The van der Waals surface area contributed by atoms with Gasteiger partial charge in [0.25, 0.3) is 0 Å². The summed E-state index contributed by atoms with van der Waals surface area (Å²) in [6.45, 7) is 4.31. The van der Waals surface area contributed by atoms with Crippen LogP contribution in [0.15, 0.2) is 24.3 Å². The van der Waals surface area contributed by atoms with Crippen molar-refractivity contribution in [2.75, 3.05) is 6.61 Å². The number of halogens is 1. The molecular weight excluding hydrogens is 270 g/mol. The van der Waals surface area contributed by atoms with E-state index in [1.54, 1.807) is 12.1 Å². The SMILES string of the molecule is CC1(C)COC(=O)N[C@H]1c1ccc(C(=O)O)cc1.Cl. The number of alkyl carbamates (subject to hydrolysis) is 1. The summed E-state index contributed by atoms with van der Waals surface area (Å²) in [5.74, 6) is -0.961. The quantitative estimate of drug-likeness (QED) is 0.876. The number of carbonyl (C=O) groups is 2. The Balaban J connectivity index is 0.00000180. The summed E-state index contributed by atoms with van der Waals surface area (Å²) in [6.07, 6.45) is -0.443. The number of carbonyl (C=O) groups excluding carboxylic acids is 1. The van der Waals surface area contributed by atoms with Crippen LogP contribution in [0, 0.1) is 5.41 Å². The summed E-state index contributed by atoms with van der Waals surface area (Å²) < 4.78 is 4.96. The number of rotatable bonds is 2. The van der Waals surface area contributed by atoms with Gasteiger partial charge in [0.15, 0.2) is 0 Å². The topological polar surface area (TPSA) is 75.6 Å². The normalized spacial score (nSPS) is 20.7. The van der Waals surface area contributed by atoms with Crippen LogP contribution in [-0.4, -0.2) is 23.8 Å². The summed E-state index contributed by atoms with van der Waals surface area (Å²) in [5.41, 5.74) is 0.871. The first-order valence-corrected chi connectivity index (χ1v) is 5.67. The lowest BCUT2D eigenvalue weighted by molar-refractivity contribution is 0.0387. The third-order valence-corrected chi connectivity index (χ3v) is 3.11. The molecule has 1 aromatic carbocycles. The molecule has 0 saturated carbocycles. The van der Waals surface area contributed by atoms with E-state index in [0.29, 0.717) is 6.61 Å². The lowest BCUT2D eigenvalue weighted by Crippen LogP contribution is -2.46. The molecule has 0 aliphatic carbocycles. The fraction of sp³-hybridized carbons (Fsp3) is 0.385. The Morgan fingerprint density at radius 3 is 2.47 bits per heavy atom. The summed E-state index contributed by atoms with van der Waals surface area (Å²) >= 11 is 0. The molecule has 1 amide bonds. The number of cyclic esters (lactones) is 1. The molecule has 0 bridgehead atoms. The van der Waals surface area contributed by atoms with Gasteiger partial charge in [-0.1, -0.05) is 26.0 Å². The van der Waals surface area contributed by atoms with E-state index in [4.69, 9.17) is 9.84 Å². The smallest absolute Gasteiger partial charge is 0.407 e. The third kappa shape index (κ3) is 3.17. The maximum absolute atomic E-state index is 11.3.